The van der Waals surface area contributed by atoms with Gasteiger partial charge in [-0.05, 0) is 25.0 Å². The molecule has 0 bridgehead atoms. The highest BCUT2D eigenvalue weighted by atomic mass is 16.7. The Bertz CT molecular complexity index is 673. The summed E-state index contributed by atoms with van der Waals surface area (Å²) < 4.78 is 16.0. The molecule has 0 saturated carbocycles. The molecular weight excluding hydrogens is 328 g/mol. The first-order chi connectivity index (χ1) is 12.0. The monoisotopic (exact) mass is 350 g/mol. The van der Waals surface area contributed by atoms with Crippen LogP contribution in [-0.4, -0.2) is 53.5 Å². The van der Waals surface area contributed by atoms with Crippen LogP contribution in [0.25, 0.3) is 0 Å². The standard InChI is InChI=1S/C17H22N2O6/c1-3-17(4-2)15(21)19(16(22)18-17)8-11(20)9-23-12-5-6-13-14(7-12)25-10-24-13/h5-7,11,20H,3-4,8-10H2,1-2H3,(H,18,22). The lowest BCUT2D eigenvalue weighted by Gasteiger charge is -2.24. The molecule has 0 spiro atoms. The highest BCUT2D eigenvalue weighted by Crippen LogP contribution is 2.35. The smallest absolute Gasteiger partial charge is 0.325 e. The second-order valence-electron chi connectivity index (χ2n) is 6.12. The summed E-state index contributed by atoms with van der Waals surface area (Å²) in [7, 11) is 0. The number of ether oxygens (including phenoxy) is 3. The van der Waals surface area contributed by atoms with Crippen molar-refractivity contribution < 1.29 is 28.9 Å². The summed E-state index contributed by atoms with van der Waals surface area (Å²) in [6.07, 6.45) is 0.0209. The number of urea groups is 1. The van der Waals surface area contributed by atoms with Crippen molar-refractivity contribution in [3.63, 3.8) is 0 Å². The lowest BCUT2D eigenvalue weighted by molar-refractivity contribution is -0.132. The van der Waals surface area contributed by atoms with Gasteiger partial charge in [0.15, 0.2) is 11.5 Å². The summed E-state index contributed by atoms with van der Waals surface area (Å²) in [6, 6.07) is 4.61. The quantitative estimate of drug-likeness (QED) is 0.719. The van der Waals surface area contributed by atoms with E-state index >= 15 is 0 Å². The highest BCUT2D eigenvalue weighted by Gasteiger charge is 2.48. The zero-order valence-electron chi connectivity index (χ0n) is 14.3. The molecule has 1 aromatic rings. The van der Waals surface area contributed by atoms with Gasteiger partial charge < -0.3 is 24.6 Å². The van der Waals surface area contributed by atoms with Gasteiger partial charge in [0.05, 0.1) is 6.54 Å². The summed E-state index contributed by atoms with van der Waals surface area (Å²) in [4.78, 5) is 25.6. The summed E-state index contributed by atoms with van der Waals surface area (Å²) in [6.45, 7) is 3.71. The summed E-state index contributed by atoms with van der Waals surface area (Å²) in [5, 5.41) is 12.9. The van der Waals surface area contributed by atoms with Crippen molar-refractivity contribution in [1.82, 2.24) is 10.2 Å². The van der Waals surface area contributed by atoms with Crippen molar-refractivity contribution in [2.45, 2.75) is 38.3 Å². The van der Waals surface area contributed by atoms with Gasteiger partial charge in [0.25, 0.3) is 5.91 Å². The van der Waals surface area contributed by atoms with E-state index in [-0.39, 0.29) is 25.9 Å². The Morgan fingerprint density at radius 1 is 1.28 bits per heavy atom. The van der Waals surface area contributed by atoms with Gasteiger partial charge in [0.2, 0.25) is 6.79 Å². The Kier molecular flexibility index (Phi) is 4.71. The zero-order valence-corrected chi connectivity index (χ0v) is 14.3. The lowest BCUT2D eigenvalue weighted by Crippen LogP contribution is -2.46. The number of benzene rings is 1. The third kappa shape index (κ3) is 3.21. The van der Waals surface area contributed by atoms with Crippen LogP contribution >= 0.6 is 0 Å². The third-order valence-corrected chi connectivity index (χ3v) is 4.63. The van der Waals surface area contributed by atoms with Crippen LogP contribution in [0, 0.1) is 0 Å². The molecule has 1 saturated heterocycles. The first kappa shape index (κ1) is 17.3. The van der Waals surface area contributed by atoms with Crippen molar-refractivity contribution in [3.05, 3.63) is 18.2 Å². The van der Waals surface area contributed by atoms with Crippen LogP contribution in [-0.2, 0) is 4.79 Å². The van der Waals surface area contributed by atoms with Crippen molar-refractivity contribution in [2.75, 3.05) is 19.9 Å². The molecule has 3 amide bonds. The Labute approximate surface area is 145 Å². The van der Waals surface area contributed by atoms with E-state index in [1.54, 1.807) is 18.2 Å². The van der Waals surface area contributed by atoms with Gasteiger partial charge in [-0.15, -0.1) is 0 Å². The van der Waals surface area contributed by atoms with Crippen LogP contribution in [0.1, 0.15) is 26.7 Å². The molecule has 2 N–H and O–H groups in total. The average Bonchev–Trinajstić information content (AvgIpc) is 3.17. The number of imide groups is 1. The van der Waals surface area contributed by atoms with Gasteiger partial charge in [0, 0.05) is 6.07 Å². The molecule has 0 aromatic heterocycles. The molecule has 3 rings (SSSR count). The second kappa shape index (κ2) is 6.79. The number of nitrogens with one attached hydrogen (secondary N) is 1. The average molecular weight is 350 g/mol. The molecule has 136 valence electrons. The number of fused-ring (bicyclic) bond motifs is 1. The minimum atomic E-state index is -0.996. The maximum absolute atomic E-state index is 12.5. The maximum Gasteiger partial charge on any atom is 0.325 e. The first-order valence-corrected chi connectivity index (χ1v) is 8.33. The Balaban J connectivity index is 1.56. The van der Waals surface area contributed by atoms with E-state index in [1.165, 1.54) is 0 Å². The van der Waals surface area contributed by atoms with Crippen LogP contribution in [0.15, 0.2) is 18.2 Å². The largest absolute Gasteiger partial charge is 0.491 e. The molecule has 8 heteroatoms. The fourth-order valence-electron chi connectivity index (χ4n) is 2.99. The third-order valence-electron chi connectivity index (χ3n) is 4.63. The SMILES string of the molecule is CCC1(CC)NC(=O)N(CC(O)COc2ccc3c(c2)OCO3)C1=O. The zero-order chi connectivity index (χ0) is 18.0. The van der Waals surface area contributed by atoms with Crippen molar-refractivity contribution in [3.8, 4) is 17.2 Å². The van der Waals surface area contributed by atoms with Crippen LogP contribution in [0.3, 0.4) is 0 Å². The molecule has 1 aromatic carbocycles. The fourth-order valence-corrected chi connectivity index (χ4v) is 2.99. The number of amides is 3. The van der Waals surface area contributed by atoms with E-state index in [2.05, 4.69) is 5.32 Å². The molecular formula is C17H22N2O6. The molecule has 1 atom stereocenters. The molecule has 1 fully saturated rings. The van der Waals surface area contributed by atoms with Crippen LogP contribution < -0.4 is 19.5 Å². The molecule has 8 nitrogen and oxygen atoms in total. The molecule has 2 aliphatic rings. The molecule has 1 unspecified atom stereocenters. The van der Waals surface area contributed by atoms with Crippen LogP contribution in [0.4, 0.5) is 4.79 Å². The van der Waals surface area contributed by atoms with E-state index in [0.717, 1.165) is 4.90 Å². The Morgan fingerprint density at radius 3 is 2.68 bits per heavy atom. The van der Waals surface area contributed by atoms with Crippen molar-refractivity contribution in [1.29, 1.82) is 0 Å². The van der Waals surface area contributed by atoms with Crippen LogP contribution in [0.5, 0.6) is 17.2 Å². The number of hydrogen-bond donors (Lipinski definition) is 2. The van der Waals surface area contributed by atoms with Gasteiger partial charge in [0.1, 0.15) is 24.0 Å². The number of β-amino-alcohol motifs (C(OH)–C–C–N with tert-alkyl or cyclic N) is 1. The van der Waals surface area contributed by atoms with E-state index in [1.807, 2.05) is 13.8 Å². The minimum absolute atomic E-state index is 0.0536. The molecule has 2 aliphatic heterocycles. The Hall–Kier alpha value is -2.48. The highest BCUT2D eigenvalue weighted by molar-refractivity contribution is 6.07. The summed E-state index contributed by atoms with van der Waals surface area (Å²) in [5.74, 6) is 1.43. The molecule has 2 heterocycles. The number of carbonyl (C=O) groups excluding carboxylic acids is 2. The minimum Gasteiger partial charge on any atom is -0.491 e. The van der Waals surface area contributed by atoms with Gasteiger partial charge in [-0.25, -0.2) is 4.79 Å². The lowest BCUT2D eigenvalue weighted by atomic mass is 9.93. The van der Waals surface area contributed by atoms with Gasteiger partial charge in [-0.2, -0.15) is 0 Å². The topological polar surface area (TPSA) is 97.3 Å². The number of carbonyl (C=O) groups is 2. The predicted molar refractivity (Wildman–Crippen MR) is 87.6 cm³/mol. The number of aliphatic hydroxyl groups excluding tert-OH is 1. The second-order valence-corrected chi connectivity index (χ2v) is 6.12. The van der Waals surface area contributed by atoms with Gasteiger partial charge >= 0.3 is 6.03 Å². The van der Waals surface area contributed by atoms with E-state index in [0.29, 0.717) is 30.1 Å². The summed E-state index contributed by atoms with van der Waals surface area (Å²) in [5.41, 5.74) is -0.866. The molecule has 0 aliphatic carbocycles. The van der Waals surface area contributed by atoms with E-state index in [9.17, 15) is 14.7 Å². The Morgan fingerprint density at radius 2 is 2.00 bits per heavy atom. The first-order valence-electron chi connectivity index (χ1n) is 8.33. The normalized spacial score (nSPS) is 19.1. The van der Waals surface area contributed by atoms with Gasteiger partial charge in [-0.1, -0.05) is 13.8 Å². The molecule has 0 radical (unpaired) electrons. The van der Waals surface area contributed by atoms with Crippen molar-refractivity contribution >= 4 is 11.9 Å². The number of hydrogen-bond acceptors (Lipinski definition) is 6. The van der Waals surface area contributed by atoms with Crippen molar-refractivity contribution in [2.24, 2.45) is 0 Å². The molecule has 25 heavy (non-hydrogen) atoms. The summed E-state index contributed by atoms with van der Waals surface area (Å²) >= 11 is 0. The number of aliphatic hydroxyl groups is 1. The predicted octanol–water partition coefficient (Wildman–Crippen LogP) is 1.27. The van der Waals surface area contributed by atoms with E-state index in [4.69, 9.17) is 14.2 Å². The maximum atomic E-state index is 12.5. The fraction of sp³-hybridized carbons (Fsp3) is 0.529. The number of nitrogens with zero attached hydrogens (tertiary/aromatic N) is 1. The van der Waals surface area contributed by atoms with Gasteiger partial charge in [-0.3, -0.25) is 9.69 Å². The number of rotatable bonds is 7. The van der Waals surface area contributed by atoms with E-state index < -0.39 is 17.7 Å². The van der Waals surface area contributed by atoms with Crippen LogP contribution in [0.2, 0.25) is 0 Å².